The van der Waals surface area contributed by atoms with Crippen LogP contribution in [-0.4, -0.2) is 37.6 Å². The van der Waals surface area contributed by atoms with Crippen molar-refractivity contribution >= 4 is 5.71 Å². The molecule has 1 unspecified atom stereocenters. The molecule has 12 nitrogen and oxygen atoms in total. The van der Waals surface area contributed by atoms with E-state index in [9.17, 15) is 26.3 Å². The van der Waals surface area contributed by atoms with Crippen LogP contribution in [-0.2, 0) is 6.42 Å². The molecule has 0 aromatic carbocycles. The van der Waals surface area contributed by atoms with Crippen molar-refractivity contribution < 1.29 is 0 Å². The van der Waals surface area contributed by atoms with Crippen LogP contribution < -0.4 is 0 Å². The van der Waals surface area contributed by atoms with Gasteiger partial charge in [0.05, 0.1) is 29.6 Å². The lowest BCUT2D eigenvalue weighted by molar-refractivity contribution is 0.375. The summed E-state index contributed by atoms with van der Waals surface area (Å²) < 4.78 is 0. The van der Waals surface area contributed by atoms with E-state index >= 15 is 0 Å². The van der Waals surface area contributed by atoms with Gasteiger partial charge in [-0.25, -0.2) is 24.9 Å². The lowest BCUT2D eigenvalue weighted by atomic mass is 9.89. The average Bonchev–Trinajstić information content (AvgIpc) is 2.82. The number of allylic oxidation sites excluding steroid dienone is 2. The molecule has 4 rings (SSSR count). The van der Waals surface area contributed by atoms with Gasteiger partial charge in [0.2, 0.25) is 0 Å². The second kappa shape index (κ2) is 7.29. The Morgan fingerprint density at radius 3 is 2.00 bits per heavy atom. The molecule has 0 N–H and O–H groups in total. The summed E-state index contributed by atoms with van der Waals surface area (Å²) in [5, 5.41) is 56.4. The Morgan fingerprint density at radius 2 is 1.41 bits per heavy atom. The summed E-state index contributed by atoms with van der Waals surface area (Å²) in [5.74, 6) is 0. The van der Waals surface area contributed by atoms with Crippen molar-refractivity contribution in [2.24, 2.45) is 4.99 Å². The molecule has 0 amide bonds. The van der Waals surface area contributed by atoms with Crippen molar-refractivity contribution in [3.8, 4) is 47.8 Å². The smallest absolute Gasteiger partial charge is 0.177 e. The molecule has 0 fully saturated rings. The van der Waals surface area contributed by atoms with E-state index in [1.807, 2.05) is 30.3 Å². The van der Waals surface area contributed by atoms with Gasteiger partial charge >= 0.3 is 0 Å². The fourth-order valence-corrected chi connectivity index (χ4v) is 3.49. The van der Waals surface area contributed by atoms with Crippen molar-refractivity contribution in [3.05, 3.63) is 45.6 Å². The van der Waals surface area contributed by atoms with E-state index in [1.165, 1.54) is 4.90 Å². The zero-order valence-electron chi connectivity index (χ0n) is 16.2. The van der Waals surface area contributed by atoms with Gasteiger partial charge in [-0.2, -0.15) is 31.6 Å². The van der Waals surface area contributed by atoms with E-state index in [0.29, 0.717) is 0 Å². The fourth-order valence-electron chi connectivity index (χ4n) is 3.49. The molecule has 12 heteroatoms. The highest BCUT2D eigenvalue weighted by atomic mass is 15.2. The summed E-state index contributed by atoms with van der Waals surface area (Å²) in [6, 6.07) is 10.4. The molecular weight excluding hydrogens is 408 g/mol. The first-order valence-corrected chi connectivity index (χ1v) is 8.79. The highest BCUT2D eigenvalue weighted by Gasteiger charge is 2.42. The van der Waals surface area contributed by atoms with Crippen molar-refractivity contribution in [2.45, 2.75) is 12.5 Å². The van der Waals surface area contributed by atoms with Crippen LogP contribution in [0.4, 0.5) is 0 Å². The first-order valence-electron chi connectivity index (χ1n) is 8.79. The van der Waals surface area contributed by atoms with Crippen LogP contribution in [0.25, 0.3) is 11.4 Å². The van der Waals surface area contributed by atoms with Gasteiger partial charge in [-0.05, 0) is 0 Å². The van der Waals surface area contributed by atoms with Crippen molar-refractivity contribution in [2.75, 3.05) is 7.05 Å². The molecule has 3 heterocycles. The van der Waals surface area contributed by atoms with Gasteiger partial charge in [-0.3, -0.25) is 0 Å². The monoisotopic (exact) mass is 414 g/mol. The number of aliphatic imine (C=N–C) groups is 1. The first kappa shape index (κ1) is 19.6. The molecule has 2 aliphatic rings. The molecule has 0 radical (unpaired) electrons. The summed E-state index contributed by atoms with van der Waals surface area (Å²) >= 11 is 0. The topological polar surface area (TPSA) is 210 Å². The van der Waals surface area contributed by atoms with E-state index < -0.39 is 6.04 Å². The summed E-state index contributed by atoms with van der Waals surface area (Å²) in [6.07, 6.45) is -0.198. The van der Waals surface area contributed by atoms with Crippen LogP contribution >= 0.6 is 0 Å². The highest BCUT2D eigenvalue weighted by molar-refractivity contribution is 6.11. The third-order valence-electron chi connectivity index (χ3n) is 4.85. The van der Waals surface area contributed by atoms with Crippen molar-refractivity contribution in [1.29, 1.82) is 31.6 Å². The predicted molar refractivity (Wildman–Crippen MR) is 102 cm³/mol. The Labute approximate surface area is 180 Å². The maximum absolute atomic E-state index is 9.56. The average molecular weight is 414 g/mol. The van der Waals surface area contributed by atoms with E-state index in [0.717, 1.165) is 0 Å². The number of nitrogens with zero attached hydrogens (tertiary/aromatic N) is 12. The minimum absolute atomic E-state index is 0.0285. The summed E-state index contributed by atoms with van der Waals surface area (Å²) in [4.78, 5) is 23.0. The summed E-state index contributed by atoms with van der Waals surface area (Å²) in [6.45, 7) is 0. The van der Waals surface area contributed by atoms with Gasteiger partial charge in [0, 0.05) is 7.05 Å². The van der Waals surface area contributed by atoms with Crippen LogP contribution in [0, 0.1) is 68.0 Å². The van der Waals surface area contributed by atoms with E-state index in [2.05, 4.69) is 24.9 Å². The van der Waals surface area contributed by atoms with Gasteiger partial charge in [0.1, 0.15) is 53.5 Å². The summed E-state index contributed by atoms with van der Waals surface area (Å²) in [5.41, 5.74) is 0.0158. The van der Waals surface area contributed by atoms with Gasteiger partial charge in [-0.15, -0.1) is 0 Å². The molecule has 1 aliphatic carbocycles. The lowest BCUT2D eigenvalue weighted by Crippen LogP contribution is -2.39. The van der Waals surface area contributed by atoms with E-state index in [1.54, 1.807) is 13.1 Å². The largest absolute Gasteiger partial charge is 0.349 e. The Morgan fingerprint density at radius 1 is 0.750 bits per heavy atom. The zero-order chi connectivity index (χ0) is 23.0. The van der Waals surface area contributed by atoms with Gasteiger partial charge in [0.25, 0.3) is 0 Å². The third-order valence-corrected chi connectivity index (χ3v) is 4.85. The number of rotatable bonds is 1. The van der Waals surface area contributed by atoms with Gasteiger partial charge < -0.3 is 4.90 Å². The molecule has 0 spiro atoms. The minimum Gasteiger partial charge on any atom is -0.349 e. The maximum atomic E-state index is 9.56. The molecule has 2 aromatic rings. The molecule has 146 valence electrons. The van der Waals surface area contributed by atoms with Crippen LogP contribution in [0.2, 0.25) is 0 Å². The Kier molecular flexibility index (Phi) is 4.47. The van der Waals surface area contributed by atoms with Crippen molar-refractivity contribution in [3.63, 3.8) is 0 Å². The molecular formula is C20H6N12. The molecule has 1 atom stereocenters. The quantitative estimate of drug-likeness (QED) is 0.632. The van der Waals surface area contributed by atoms with E-state index in [4.69, 9.17) is 5.26 Å². The lowest BCUT2D eigenvalue weighted by Gasteiger charge is -2.36. The Balaban J connectivity index is 2.17. The van der Waals surface area contributed by atoms with Crippen LogP contribution in [0.15, 0.2) is 16.4 Å². The van der Waals surface area contributed by atoms with Crippen LogP contribution in [0.5, 0.6) is 0 Å². The number of hydrogen-bond acceptors (Lipinski definition) is 12. The molecule has 0 saturated carbocycles. The fraction of sp³-hybridized carbons (Fsp3) is 0.150. The van der Waals surface area contributed by atoms with Gasteiger partial charge in [0.15, 0.2) is 28.5 Å². The number of aromatic nitrogens is 4. The van der Waals surface area contributed by atoms with Crippen molar-refractivity contribution in [1.82, 2.24) is 24.8 Å². The van der Waals surface area contributed by atoms with Gasteiger partial charge in [-0.1, -0.05) is 0 Å². The maximum Gasteiger partial charge on any atom is 0.177 e. The molecule has 1 aliphatic heterocycles. The minimum atomic E-state index is -0.867. The molecule has 0 bridgehead atoms. The number of likely N-dealkylation sites (N-methyl/N-ethyl adjacent to an activating group) is 1. The Bertz CT molecular complexity index is 1540. The number of fused-ring (bicyclic) bond motifs is 6. The number of nitriles is 6. The predicted octanol–water partition coefficient (Wildman–Crippen LogP) is 0.663. The molecule has 0 saturated heterocycles. The third kappa shape index (κ3) is 2.60. The molecule has 32 heavy (non-hydrogen) atoms. The molecule has 2 aromatic heterocycles. The second-order valence-electron chi connectivity index (χ2n) is 6.47. The van der Waals surface area contributed by atoms with Crippen LogP contribution in [0.1, 0.15) is 40.2 Å². The highest BCUT2D eigenvalue weighted by Crippen LogP contribution is 2.42. The van der Waals surface area contributed by atoms with Crippen LogP contribution in [0.3, 0.4) is 0 Å². The van der Waals surface area contributed by atoms with E-state index in [-0.39, 0.29) is 69.1 Å². The standard InChI is InChI=1S/C20H6N12/c1-32-14(8-26)13(7-25)31-19-16-15(28-10(4-22)9(27-16)2-3-21)17-18(20(19)32)30-12(6-24)11(5-23)29-17/h20H,2H2,1H3. The normalized spacial score (nSPS) is 15.3. The first-order chi connectivity index (χ1) is 15.5. The SMILES string of the molecule is CN1C(C#N)=C(C#N)N=C2c3nc(CC#N)c(C#N)nc3-c3nc(C#N)c(C#N)nc3C21. The number of hydrogen-bond donors (Lipinski definition) is 0. The summed E-state index contributed by atoms with van der Waals surface area (Å²) in [7, 11) is 1.54. The zero-order valence-corrected chi connectivity index (χ0v) is 16.2. The second-order valence-corrected chi connectivity index (χ2v) is 6.47. The Hall–Kier alpha value is -5.69.